The second-order valence-corrected chi connectivity index (χ2v) is 7.43. The second kappa shape index (κ2) is 6.59. The van der Waals surface area contributed by atoms with E-state index in [-0.39, 0.29) is 5.75 Å². The van der Waals surface area contributed by atoms with Crippen LogP contribution in [0.3, 0.4) is 0 Å². The summed E-state index contributed by atoms with van der Waals surface area (Å²) in [5.41, 5.74) is 1.85. The van der Waals surface area contributed by atoms with Gasteiger partial charge >= 0.3 is 0 Å². The molecule has 0 aromatic heterocycles. The number of rotatable bonds is 5. The number of primary sulfonamides is 1. The zero-order chi connectivity index (χ0) is 17.0. The predicted molar refractivity (Wildman–Crippen MR) is 97.2 cm³/mol. The maximum Gasteiger partial charge on any atom is 0.210 e. The van der Waals surface area contributed by atoms with Crippen LogP contribution in [-0.4, -0.2) is 14.2 Å². The first-order valence-electron chi connectivity index (χ1n) is 7.69. The van der Waals surface area contributed by atoms with Gasteiger partial charge in [0.25, 0.3) is 0 Å². The van der Waals surface area contributed by atoms with E-state index in [4.69, 9.17) is 5.14 Å². The van der Waals surface area contributed by atoms with Crippen LogP contribution in [0.5, 0.6) is 0 Å². The first kappa shape index (κ1) is 16.4. The highest BCUT2D eigenvalue weighted by Crippen LogP contribution is 2.39. The molecule has 0 atom stereocenters. The van der Waals surface area contributed by atoms with Crippen molar-refractivity contribution in [3.05, 3.63) is 108 Å². The van der Waals surface area contributed by atoms with Gasteiger partial charge in [0.15, 0.2) is 0 Å². The zero-order valence-electron chi connectivity index (χ0n) is 13.2. The van der Waals surface area contributed by atoms with E-state index >= 15 is 0 Å². The lowest BCUT2D eigenvalue weighted by Gasteiger charge is -2.35. The van der Waals surface area contributed by atoms with Crippen molar-refractivity contribution in [1.29, 1.82) is 0 Å². The Morgan fingerprint density at radius 1 is 0.625 bits per heavy atom. The molecule has 3 aromatic rings. The molecule has 3 rings (SSSR count). The van der Waals surface area contributed by atoms with Gasteiger partial charge in [-0.15, -0.1) is 0 Å². The average molecular weight is 337 g/mol. The summed E-state index contributed by atoms with van der Waals surface area (Å²) in [7, 11) is -3.73. The standard InChI is InChI=1S/C20H19NO2S/c21-24(22,23)16-20(17-10-4-1-5-11-17,18-12-6-2-7-13-18)19-14-8-3-9-15-19/h1-15H,16H2,(H2,21,22,23). The Bertz CT molecular complexity index is 795. The summed E-state index contributed by atoms with van der Waals surface area (Å²) < 4.78 is 24.3. The number of benzene rings is 3. The van der Waals surface area contributed by atoms with Crippen LogP contribution in [0.4, 0.5) is 0 Å². The average Bonchev–Trinajstić information content (AvgIpc) is 2.61. The molecule has 0 saturated carbocycles. The van der Waals surface area contributed by atoms with Gasteiger partial charge in [-0.05, 0) is 16.7 Å². The van der Waals surface area contributed by atoms with Crippen molar-refractivity contribution in [2.45, 2.75) is 5.41 Å². The summed E-state index contributed by atoms with van der Waals surface area (Å²) in [6.07, 6.45) is 0. The molecule has 0 unspecified atom stereocenters. The summed E-state index contributed by atoms with van der Waals surface area (Å²) in [5, 5.41) is 5.51. The van der Waals surface area contributed by atoms with Crippen molar-refractivity contribution in [3.8, 4) is 0 Å². The van der Waals surface area contributed by atoms with Crippen LogP contribution < -0.4 is 5.14 Å². The van der Waals surface area contributed by atoms with E-state index in [1.807, 2.05) is 91.0 Å². The highest BCUT2D eigenvalue weighted by Gasteiger charge is 2.39. The van der Waals surface area contributed by atoms with E-state index < -0.39 is 15.4 Å². The molecule has 122 valence electrons. The first-order chi connectivity index (χ1) is 11.5. The van der Waals surface area contributed by atoms with Crippen LogP contribution in [-0.2, 0) is 15.4 Å². The number of hydrogen-bond acceptors (Lipinski definition) is 2. The van der Waals surface area contributed by atoms with Crippen LogP contribution in [0.1, 0.15) is 16.7 Å². The van der Waals surface area contributed by atoms with Gasteiger partial charge in [0, 0.05) is 0 Å². The molecule has 0 heterocycles. The summed E-state index contributed by atoms with van der Waals surface area (Å²) in [5.74, 6) is -0.196. The molecule has 0 aliphatic carbocycles. The van der Waals surface area contributed by atoms with Gasteiger partial charge < -0.3 is 0 Å². The van der Waals surface area contributed by atoms with Gasteiger partial charge in [-0.2, -0.15) is 0 Å². The third-order valence-corrected chi connectivity index (χ3v) is 5.05. The Balaban J connectivity index is 2.37. The first-order valence-corrected chi connectivity index (χ1v) is 9.41. The Morgan fingerprint density at radius 3 is 1.17 bits per heavy atom. The van der Waals surface area contributed by atoms with E-state index in [2.05, 4.69) is 0 Å². The highest BCUT2D eigenvalue weighted by molar-refractivity contribution is 7.89. The van der Waals surface area contributed by atoms with Crippen molar-refractivity contribution in [1.82, 2.24) is 0 Å². The Kier molecular flexibility index (Phi) is 4.51. The second-order valence-electron chi connectivity index (χ2n) is 5.81. The number of nitrogens with two attached hydrogens (primary N) is 1. The molecule has 4 heteroatoms. The minimum absolute atomic E-state index is 0.196. The van der Waals surface area contributed by atoms with Gasteiger partial charge in [-0.3, -0.25) is 0 Å². The molecular formula is C20H19NO2S. The maximum atomic E-state index is 12.1. The minimum atomic E-state index is -3.73. The lowest BCUT2D eigenvalue weighted by molar-refractivity contribution is 0.579. The van der Waals surface area contributed by atoms with Crippen LogP contribution in [0.2, 0.25) is 0 Å². The van der Waals surface area contributed by atoms with Gasteiger partial charge in [0.05, 0.1) is 11.2 Å². The van der Waals surface area contributed by atoms with Crippen molar-refractivity contribution >= 4 is 10.0 Å². The van der Waals surface area contributed by atoms with E-state index in [1.54, 1.807) is 0 Å². The molecule has 0 radical (unpaired) electrons. The molecule has 0 amide bonds. The fourth-order valence-electron chi connectivity index (χ4n) is 3.22. The third kappa shape index (κ3) is 3.25. The molecule has 0 saturated heterocycles. The van der Waals surface area contributed by atoms with Crippen LogP contribution in [0.25, 0.3) is 0 Å². The lowest BCUT2D eigenvalue weighted by Crippen LogP contribution is -2.39. The van der Waals surface area contributed by atoms with E-state index in [1.165, 1.54) is 0 Å². The topological polar surface area (TPSA) is 60.2 Å². The molecule has 0 bridgehead atoms. The van der Waals surface area contributed by atoms with Gasteiger partial charge in [-0.25, -0.2) is 13.6 Å². The van der Waals surface area contributed by atoms with Gasteiger partial charge in [-0.1, -0.05) is 91.0 Å². The molecular weight excluding hydrogens is 318 g/mol. The SMILES string of the molecule is NS(=O)(=O)CC(c1ccccc1)(c1ccccc1)c1ccccc1. The Morgan fingerprint density at radius 2 is 0.917 bits per heavy atom. The van der Waals surface area contributed by atoms with Crippen LogP contribution >= 0.6 is 0 Å². The van der Waals surface area contributed by atoms with Crippen LogP contribution in [0, 0.1) is 0 Å². The number of hydrogen-bond donors (Lipinski definition) is 1. The summed E-state index contributed by atoms with van der Waals surface area (Å²) >= 11 is 0. The molecule has 0 aliphatic rings. The summed E-state index contributed by atoms with van der Waals surface area (Å²) in [6.45, 7) is 0. The minimum Gasteiger partial charge on any atom is -0.229 e. The quantitative estimate of drug-likeness (QED) is 0.726. The molecule has 3 nitrogen and oxygen atoms in total. The summed E-state index contributed by atoms with van der Waals surface area (Å²) in [6, 6.07) is 28.9. The number of sulfonamides is 1. The third-order valence-electron chi connectivity index (χ3n) is 4.22. The lowest BCUT2D eigenvalue weighted by atomic mass is 9.71. The smallest absolute Gasteiger partial charge is 0.210 e. The van der Waals surface area contributed by atoms with E-state index in [9.17, 15) is 8.42 Å². The van der Waals surface area contributed by atoms with E-state index in [0.717, 1.165) is 16.7 Å². The van der Waals surface area contributed by atoms with E-state index in [0.29, 0.717) is 0 Å². The zero-order valence-corrected chi connectivity index (χ0v) is 14.0. The Labute approximate surface area is 142 Å². The molecule has 3 aromatic carbocycles. The van der Waals surface area contributed by atoms with Crippen molar-refractivity contribution in [2.24, 2.45) is 5.14 Å². The fraction of sp³-hybridized carbons (Fsp3) is 0.100. The fourth-order valence-corrected chi connectivity index (χ4v) is 4.32. The van der Waals surface area contributed by atoms with Crippen LogP contribution in [0.15, 0.2) is 91.0 Å². The molecule has 2 N–H and O–H groups in total. The normalized spacial score (nSPS) is 12.0. The van der Waals surface area contributed by atoms with Crippen molar-refractivity contribution in [2.75, 3.05) is 5.75 Å². The molecule has 0 spiro atoms. The van der Waals surface area contributed by atoms with Crippen molar-refractivity contribution in [3.63, 3.8) is 0 Å². The Hall–Kier alpha value is -2.43. The molecule has 0 fully saturated rings. The molecule has 24 heavy (non-hydrogen) atoms. The highest BCUT2D eigenvalue weighted by atomic mass is 32.2. The van der Waals surface area contributed by atoms with Crippen molar-refractivity contribution < 1.29 is 8.42 Å². The molecule has 0 aliphatic heterocycles. The monoisotopic (exact) mass is 337 g/mol. The summed E-state index contributed by atoms with van der Waals surface area (Å²) in [4.78, 5) is 0. The maximum absolute atomic E-state index is 12.1. The van der Waals surface area contributed by atoms with Gasteiger partial charge in [0.1, 0.15) is 0 Å². The largest absolute Gasteiger partial charge is 0.229 e. The predicted octanol–water partition coefficient (Wildman–Crippen LogP) is 3.31. The van der Waals surface area contributed by atoms with Gasteiger partial charge in [0.2, 0.25) is 10.0 Å².